The number of hydrogen-bond acceptors (Lipinski definition) is 4. The molecule has 0 aliphatic carbocycles. The van der Waals surface area contributed by atoms with Crippen molar-refractivity contribution in [3.8, 4) is 6.07 Å². The van der Waals surface area contributed by atoms with Gasteiger partial charge >= 0.3 is 5.97 Å². The highest BCUT2D eigenvalue weighted by molar-refractivity contribution is 5.84. The minimum Gasteiger partial charge on any atom is -0.467 e. The van der Waals surface area contributed by atoms with Crippen LogP contribution in [0.3, 0.4) is 0 Å². The van der Waals surface area contributed by atoms with Gasteiger partial charge in [0.1, 0.15) is 6.04 Å². The Hall–Kier alpha value is -2.35. The summed E-state index contributed by atoms with van der Waals surface area (Å²) in [4.78, 5) is 23.5. The molecule has 1 rings (SSSR count). The van der Waals surface area contributed by atoms with E-state index in [9.17, 15) is 9.59 Å². The molecule has 1 atom stereocenters. The highest BCUT2D eigenvalue weighted by Crippen LogP contribution is 2.05. The Labute approximate surface area is 124 Å². The fourth-order valence-electron chi connectivity index (χ4n) is 1.95. The van der Waals surface area contributed by atoms with E-state index in [1.54, 1.807) is 0 Å². The van der Waals surface area contributed by atoms with Gasteiger partial charge in [0.15, 0.2) is 0 Å². The van der Waals surface area contributed by atoms with E-state index in [1.807, 2.05) is 36.4 Å². The molecule has 0 aliphatic rings. The normalized spacial score (nSPS) is 11.2. The Morgan fingerprint density at radius 3 is 2.67 bits per heavy atom. The van der Waals surface area contributed by atoms with E-state index in [-0.39, 0.29) is 5.91 Å². The Morgan fingerprint density at radius 1 is 1.33 bits per heavy atom. The molecule has 0 saturated heterocycles. The van der Waals surface area contributed by atoms with Gasteiger partial charge in [-0.05, 0) is 24.8 Å². The molecular formula is C16H20N2O3. The molecule has 0 aliphatic heterocycles. The van der Waals surface area contributed by atoms with E-state index in [0.29, 0.717) is 32.1 Å². The maximum atomic E-state index is 11.9. The molecular weight excluding hydrogens is 268 g/mol. The summed E-state index contributed by atoms with van der Waals surface area (Å²) in [7, 11) is 1.29. The van der Waals surface area contributed by atoms with Crippen LogP contribution in [-0.4, -0.2) is 25.0 Å². The largest absolute Gasteiger partial charge is 0.467 e. The average molecular weight is 288 g/mol. The highest BCUT2D eigenvalue weighted by atomic mass is 16.5. The van der Waals surface area contributed by atoms with Crippen molar-refractivity contribution in [2.45, 2.75) is 38.1 Å². The summed E-state index contributed by atoms with van der Waals surface area (Å²) in [6.45, 7) is 0. The number of carbonyl (C=O) groups is 2. The topological polar surface area (TPSA) is 79.2 Å². The van der Waals surface area contributed by atoms with Crippen molar-refractivity contribution in [3.05, 3.63) is 35.9 Å². The van der Waals surface area contributed by atoms with Gasteiger partial charge in [-0.2, -0.15) is 5.26 Å². The number of rotatable bonds is 8. The quantitative estimate of drug-likeness (QED) is 0.586. The molecule has 5 heteroatoms. The van der Waals surface area contributed by atoms with Gasteiger partial charge in [0.05, 0.1) is 13.2 Å². The molecule has 112 valence electrons. The maximum Gasteiger partial charge on any atom is 0.328 e. The van der Waals surface area contributed by atoms with Crippen LogP contribution in [-0.2, 0) is 20.7 Å². The number of methoxy groups -OCH3 is 1. The molecule has 0 bridgehead atoms. The number of esters is 1. The number of nitriles is 1. The second-order valence-electron chi connectivity index (χ2n) is 4.68. The van der Waals surface area contributed by atoms with Gasteiger partial charge in [0, 0.05) is 12.8 Å². The van der Waals surface area contributed by atoms with Crippen molar-refractivity contribution in [1.29, 1.82) is 5.26 Å². The molecule has 0 radical (unpaired) electrons. The van der Waals surface area contributed by atoms with Crippen molar-refractivity contribution in [2.75, 3.05) is 7.11 Å². The third kappa shape index (κ3) is 6.57. The maximum absolute atomic E-state index is 11.9. The number of nitrogens with zero attached hydrogens (tertiary/aromatic N) is 1. The van der Waals surface area contributed by atoms with E-state index in [4.69, 9.17) is 5.26 Å². The minimum atomic E-state index is -0.674. The van der Waals surface area contributed by atoms with Crippen LogP contribution in [0, 0.1) is 11.3 Å². The number of carbonyl (C=O) groups excluding carboxylic acids is 2. The molecule has 21 heavy (non-hydrogen) atoms. The van der Waals surface area contributed by atoms with E-state index in [0.717, 1.165) is 5.56 Å². The first-order chi connectivity index (χ1) is 10.2. The molecule has 0 spiro atoms. The molecule has 5 nitrogen and oxygen atoms in total. The Bertz CT molecular complexity index is 494. The Kier molecular flexibility index (Phi) is 7.59. The number of ether oxygens (including phenoxy) is 1. The lowest BCUT2D eigenvalue weighted by Gasteiger charge is -2.15. The average Bonchev–Trinajstić information content (AvgIpc) is 2.52. The lowest BCUT2D eigenvalue weighted by Crippen LogP contribution is -2.41. The predicted octanol–water partition coefficient (Wildman–Crippen LogP) is 1.97. The van der Waals surface area contributed by atoms with Crippen LogP contribution < -0.4 is 5.32 Å². The van der Waals surface area contributed by atoms with E-state index in [2.05, 4.69) is 10.1 Å². The molecule has 1 amide bonds. The van der Waals surface area contributed by atoms with Crippen LogP contribution in [0.4, 0.5) is 0 Å². The zero-order valence-electron chi connectivity index (χ0n) is 12.2. The third-order valence-corrected chi connectivity index (χ3v) is 3.09. The second-order valence-corrected chi connectivity index (χ2v) is 4.68. The number of unbranched alkanes of at least 4 members (excludes halogenated alkanes) is 1. The lowest BCUT2D eigenvalue weighted by atomic mass is 10.1. The first-order valence-electron chi connectivity index (χ1n) is 6.95. The number of hydrogen-bond donors (Lipinski definition) is 1. The number of nitrogens with one attached hydrogen (secondary N) is 1. The lowest BCUT2D eigenvalue weighted by molar-refractivity contribution is -0.145. The number of benzene rings is 1. The van der Waals surface area contributed by atoms with Gasteiger partial charge < -0.3 is 10.1 Å². The second kappa shape index (κ2) is 9.54. The molecule has 1 aromatic rings. The third-order valence-electron chi connectivity index (χ3n) is 3.09. The summed E-state index contributed by atoms with van der Waals surface area (Å²) in [5.74, 6) is -0.660. The van der Waals surface area contributed by atoms with Gasteiger partial charge in [-0.1, -0.05) is 30.3 Å². The summed E-state index contributed by atoms with van der Waals surface area (Å²) >= 11 is 0. The van der Waals surface area contributed by atoms with Gasteiger partial charge in [0.2, 0.25) is 5.91 Å². The number of amides is 1. The summed E-state index contributed by atoms with van der Waals surface area (Å²) in [6.07, 6.45) is 2.26. The van der Waals surface area contributed by atoms with Crippen LogP contribution in [0.1, 0.15) is 31.2 Å². The van der Waals surface area contributed by atoms with Crippen LogP contribution in [0.15, 0.2) is 30.3 Å². The van der Waals surface area contributed by atoms with Gasteiger partial charge in [0.25, 0.3) is 0 Å². The zero-order valence-corrected chi connectivity index (χ0v) is 12.2. The fourth-order valence-corrected chi connectivity index (χ4v) is 1.95. The smallest absolute Gasteiger partial charge is 0.328 e. The monoisotopic (exact) mass is 288 g/mol. The first kappa shape index (κ1) is 16.7. The van der Waals surface area contributed by atoms with Crippen molar-refractivity contribution in [1.82, 2.24) is 5.32 Å². The Balaban J connectivity index is 2.44. The summed E-state index contributed by atoms with van der Waals surface area (Å²) < 4.78 is 4.67. The van der Waals surface area contributed by atoms with E-state index >= 15 is 0 Å². The molecule has 1 N–H and O–H groups in total. The Morgan fingerprint density at radius 2 is 2.05 bits per heavy atom. The molecule has 0 aromatic heterocycles. The van der Waals surface area contributed by atoms with Gasteiger partial charge in [-0.15, -0.1) is 0 Å². The van der Waals surface area contributed by atoms with Gasteiger partial charge in [-0.3, -0.25) is 4.79 Å². The standard InChI is InChI=1S/C16H20N2O3/c1-21-16(20)14(9-5-6-12-17)18-15(19)11-10-13-7-3-2-4-8-13/h2-4,7-8,14H,5-6,9-11H2,1H3,(H,18,19)/t14-/m1/s1. The summed E-state index contributed by atoms with van der Waals surface area (Å²) in [5, 5.41) is 11.2. The minimum absolute atomic E-state index is 0.189. The molecule has 1 aromatic carbocycles. The predicted molar refractivity (Wildman–Crippen MR) is 78.2 cm³/mol. The highest BCUT2D eigenvalue weighted by Gasteiger charge is 2.20. The number of aryl methyl sites for hydroxylation is 1. The van der Waals surface area contributed by atoms with Crippen LogP contribution in [0.2, 0.25) is 0 Å². The SMILES string of the molecule is COC(=O)[C@@H](CCCC#N)NC(=O)CCc1ccccc1. The molecule has 0 saturated carbocycles. The summed E-state index contributed by atoms with van der Waals surface area (Å²) in [6, 6.07) is 11.0. The molecule has 0 unspecified atom stereocenters. The van der Waals surface area contributed by atoms with E-state index in [1.165, 1.54) is 7.11 Å². The van der Waals surface area contributed by atoms with Crippen molar-refractivity contribution >= 4 is 11.9 Å². The summed E-state index contributed by atoms with van der Waals surface area (Å²) in [5.41, 5.74) is 1.08. The van der Waals surface area contributed by atoms with Crippen molar-refractivity contribution in [2.24, 2.45) is 0 Å². The molecule has 0 fully saturated rings. The van der Waals surface area contributed by atoms with Crippen molar-refractivity contribution in [3.63, 3.8) is 0 Å². The van der Waals surface area contributed by atoms with Crippen LogP contribution in [0.25, 0.3) is 0 Å². The first-order valence-corrected chi connectivity index (χ1v) is 6.95. The van der Waals surface area contributed by atoms with Crippen LogP contribution in [0.5, 0.6) is 0 Å². The van der Waals surface area contributed by atoms with Crippen LogP contribution >= 0.6 is 0 Å². The molecule has 0 heterocycles. The van der Waals surface area contributed by atoms with Crippen molar-refractivity contribution < 1.29 is 14.3 Å². The zero-order chi connectivity index (χ0) is 15.5. The van der Waals surface area contributed by atoms with E-state index < -0.39 is 12.0 Å². The van der Waals surface area contributed by atoms with Gasteiger partial charge in [-0.25, -0.2) is 4.79 Å². The fraction of sp³-hybridized carbons (Fsp3) is 0.438.